The molecular formula is C24H18F2N2O5. The van der Waals surface area contributed by atoms with Gasteiger partial charge in [-0.05, 0) is 54.1 Å². The predicted octanol–water partition coefficient (Wildman–Crippen LogP) is 4.08. The Labute approximate surface area is 187 Å². The van der Waals surface area contributed by atoms with Crippen LogP contribution in [0.1, 0.15) is 26.3 Å². The van der Waals surface area contributed by atoms with Crippen molar-refractivity contribution in [2.45, 2.75) is 0 Å². The third kappa shape index (κ3) is 5.79. The summed E-state index contributed by atoms with van der Waals surface area (Å²) in [6, 6.07) is 14.9. The average Bonchev–Trinajstić information content (AvgIpc) is 2.81. The number of carbonyl (C=O) groups is 3. The lowest BCUT2D eigenvalue weighted by molar-refractivity contribution is -0.113. The lowest BCUT2D eigenvalue weighted by atomic mass is 10.1. The topological polar surface area (TPSA) is 105 Å². The molecule has 0 bridgehead atoms. The van der Waals surface area contributed by atoms with Gasteiger partial charge in [-0.2, -0.15) is 0 Å². The van der Waals surface area contributed by atoms with Crippen LogP contribution >= 0.6 is 0 Å². The second-order valence-corrected chi connectivity index (χ2v) is 6.73. The zero-order chi connectivity index (χ0) is 24.0. The zero-order valence-corrected chi connectivity index (χ0v) is 17.3. The summed E-state index contributed by atoms with van der Waals surface area (Å²) in [4.78, 5) is 36.9. The number of aromatic carboxylic acids is 1. The molecule has 0 spiro atoms. The molecule has 2 amide bonds. The van der Waals surface area contributed by atoms with Crippen LogP contribution in [0.2, 0.25) is 0 Å². The SMILES string of the molecule is COc1ccc(C(=O)O)cc1NC(=O)C(=Cc1ccc(F)c(F)c1)NC(=O)c1ccccc1. The van der Waals surface area contributed by atoms with Crippen molar-refractivity contribution in [3.63, 3.8) is 0 Å². The number of halogens is 2. The average molecular weight is 452 g/mol. The molecule has 0 heterocycles. The molecule has 0 aliphatic carbocycles. The van der Waals surface area contributed by atoms with Gasteiger partial charge in [0.05, 0.1) is 18.4 Å². The summed E-state index contributed by atoms with van der Waals surface area (Å²) in [6.45, 7) is 0. The molecule has 0 fully saturated rings. The van der Waals surface area contributed by atoms with Gasteiger partial charge in [-0.1, -0.05) is 24.3 Å². The lowest BCUT2D eigenvalue weighted by Gasteiger charge is -2.14. The Morgan fingerprint density at radius 3 is 2.27 bits per heavy atom. The van der Waals surface area contributed by atoms with Crippen LogP contribution in [0.5, 0.6) is 5.75 Å². The van der Waals surface area contributed by atoms with E-state index in [0.717, 1.165) is 18.2 Å². The van der Waals surface area contributed by atoms with Gasteiger partial charge in [0.1, 0.15) is 11.4 Å². The first-order chi connectivity index (χ1) is 15.8. The third-order valence-electron chi connectivity index (χ3n) is 4.48. The fourth-order valence-electron chi connectivity index (χ4n) is 2.84. The molecule has 3 rings (SSSR count). The van der Waals surface area contributed by atoms with Crippen LogP contribution in [0.15, 0.2) is 72.4 Å². The van der Waals surface area contributed by atoms with Crippen molar-refractivity contribution in [1.29, 1.82) is 0 Å². The first kappa shape index (κ1) is 23.1. The summed E-state index contributed by atoms with van der Waals surface area (Å²) < 4.78 is 32.1. The number of anilines is 1. The lowest BCUT2D eigenvalue weighted by Crippen LogP contribution is -2.30. The number of benzene rings is 3. The number of hydrogen-bond acceptors (Lipinski definition) is 4. The summed E-state index contributed by atoms with van der Waals surface area (Å²) in [7, 11) is 1.33. The molecule has 168 valence electrons. The van der Waals surface area contributed by atoms with Crippen molar-refractivity contribution >= 4 is 29.5 Å². The van der Waals surface area contributed by atoms with Crippen molar-refractivity contribution in [2.75, 3.05) is 12.4 Å². The minimum atomic E-state index is -1.22. The van der Waals surface area contributed by atoms with E-state index in [9.17, 15) is 28.3 Å². The maximum absolute atomic E-state index is 13.7. The summed E-state index contributed by atoms with van der Waals surface area (Å²) in [6.07, 6.45) is 1.16. The highest BCUT2D eigenvalue weighted by molar-refractivity contribution is 6.11. The van der Waals surface area contributed by atoms with E-state index in [0.29, 0.717) is 0 Å². The van der Waals surface area contributed by atoms with Crippen molar-refractivity contribution in [1.82, 2.24) is 5.32 Å². The van der Waals surface area contributed by atoms with Crippen LogP contribution in [-0.4, -0.2) is 30.0 Å². The van der Waals surface area contributed by atoms with Crippen LogP contribution in [0.4, 0.5) is 14.5 Å². The summed E-state index contributed by atoms with van der Waals surface area (Å²) in [5.41, 5.74) is 0.00125. The summed E-state index contributed by atoms with van der Waals surface area (Å²) in [5, 5.41) is 14.1. The first-order valence-electron chi connectivity index (χ1n) is 9.54. The van der Waals surface area contributed by atoms with E-state index in [-0.39, 0.29) is 33.8 Å². The maximum Gasteiger partial charge on any atom is 0.335 e. The number of hydrogen-bond donors (Lipinski definition) is 3. The van der Waals surface area contributed by atoms with E-state index in [1.165, 1.54) is 43.5 Å². The summed E-state index contributed by atoms with van der Waals surface area (Å²) in [5.74, 6) is -4.70. The molecule has 0 aliphatic heterocycles. The minimum Gasteiger partial charge on any atom is -0.495 e. The van der Waals surface area contributed by atoms with Crippen LogP contribution in [-0.2, 0) is 4.79 Å². The highest BCUT2D eigenvalue weighted by Crippen LogP contribution is 2.26. The highest BCUT2D eigenvalue weighted by atomic mass is 19.2. The Balaban J connectivity index is 1.98. The summed E-state index contributed by atoms with van der Waals surface area (Å²) >= 11 is 0. The standard InChI is InChI=1S/C24H18F2N2O5/c1-33-21-10-8-16(24(31)32)13-19(21)27-23(30)20(12-14-7-9-17(25)18(26)11-14)28-22(29)15-5-3-2-4-6-15/h2-13H,1H3,(H,27,30)(H,28,29)(H,31,32). The molecule has 0 radical (unpaired) electrons. The molecule has 3 aromatic rings. The van der Waals surface area contributed by atoms with E-state index in [2.05, 4.69) is 10.6 Å². The minimum absolute atomic E-state index is 0.0348. The molecule has 0 atom stereocenters. The van der Waals surface area contributed by atoms with Crippen LogP contribution in [0, 0.1) is 11.6 Å². The van der Waals surface area contributed by atoms with E-state index < -0.39 is 29.4 Å². The van der Waals surface area contributed by atoms with Crippen molar-refractivity contribution in [2.24, 2.45) is 0 Å². The van der Waals surface area contributed by atoms with Gasteiger partial charge in [0.15, 0.2) is 11.6 Å². The van der Waals surface area contributed by atoms with Crippen molar-refractivity contribution < 1.29 is 33.0 Å². The van der Waals surface area contributed by atoms with Gasteiger partial charge in [-0.25, -0.2) is 13.6 Å². The second kappa shape index (κ2) is 10.2. The Morgan fingerprint density at radius 1 is 0.909 bits per heavy atom. The van der Waals surface area contributed by atoms with Crippen LogP contribution in [0.3, 0.4) is 0 Å². The normalized spacial score (nSPS) is 10.9. The Kier molecular flexibility index (Phi) is 7.14. The van der Waals surface area contributed by atoms with Gasteiger partial charge in [-0.3, -0.25) is 9.59 Å². The quantitative estimate of drug-likeness (QED) is 0.469. The number of ether oxygens (including phenoxy) is 1. The molecule has 0 saturated heterocycles. The molecule has 0 saturated carbocycles. The number of carboxylic acid groups (broad SMARTS) is 1. The van der Waals surface area contributed by atoms with E-state index in [1.807, 2.05) is 0 Å². The fourth-order valence-corrected chi connectivity index (χ4v) is 2.84. The largest absolute Gasteiger partial charge is 0.495 e. The Bertz CT molecular complexity index is 1240. The Morgan fingerprint density at radius 2 is 1.64 bits per heavy atom. The second-order valence-electron chi connectivity index (χ2n) is 6.73. The molecule has 9 heteroatoms. The number of methoxy groups -OCH3 is 1. The van der Waals surface area contributed by atoms with Gasteiger partial charge in [0.2, 0.25) is 0 Å². The molecule has 0 aromatic heterocycles. The Hall–Kier alpha value is -4.53. The van der Waals surface area contributed by atoms with E-state index >= 15 is 0 Å². The molecule has 33 heavy (non-hydrogen) atoms. The number of amides is 2. The molecule has 3 N–H and O–H groups in total. The van der Waals surface area contributed by atoms with E-state index in [1.54, 1.807) is 18.2 Å². The highest BCUT2D eigenvalue weighted by Gasteiger charge is 2.18. The number of carboxylic acids is 1. The van der Waals surface area contributed by atoms with Gasteiger partial charge in [-0.15, -0.1) is 0 Å². The number of nitrogens with one attached hydrogen (secondary N) is 2. The molecule has 0 aliphatic rings. The van der Waals surface area contributed by atoms with Gasteiger partial charge in [0, 0.05) is 5.56 Å². The molecule has 0 unspecified atom stereocenters. The third-order valence-corrected chi connectivity index (χ3v) is 4.48. The zero-order valence-electron chi connectivity index (χ0n) is 17.3. The predicted molar refractivity (Wildman–Crippen MR) is 117 cm³/mol. The van der Waals surface area contributed by atoms with Gasteiger partial charge in [0.25, 0.3) is 11.8 Å². The van der Waals surface area contributed by atoms with Gasteiger partial charge >= 0.3 is 5.97 Å². The van der Waals surface area contributed by atoms with Crippen molar-refractivity contribution in [3.8, 4) is 5.75 Å². The molecule has 3 aromatic carbocycles. The van der Waals surface area contributed by atoms with E-state index in [4.69, 9.17) is 4.74 Å². The fraction of sp³-hybridized carbons (Fsp3) is 0.0417. The monoisotopic (exact) mass is 452 g/mol. The molecular weight excluding hydrogens is 434 g/mol. The van der Waals surface area contributed by atoms with Crippen LogP contribution < -0.4 is 15.4 Å². The van der Waals surface area contributed by atoms with Gasteiger partial charge < -0.3 is 20.5 Å². The number of carbonyl (C=O) groups excluding carboxylic acids is 2. The van der Waals surface area contributed by atoms with Crippen molar-refractivity contribution in [3.05, 3.63) is 101 Å². The van der Waals surface area contributed by atoms with Crippen LogP contribution in [0.25, 0.3) is 6.08 Å². The number of rotatable bonds is 7. The smallest absolute Gasteiger partial charge is 0.335 e. The molecule has 7 nitrogen and oxygen atoms in total. The maximum atomic E-state index is 13.7. The first-order valence-corrected chi connectivity index (χ1v) is 9.54.